The molecule has 0 fully saturated rings. The summed E-state index contributed by atoms with van der Waals surface area (Å²) in [5.74, 6) is 0. The van der Waals surface area contributed by atoms with Gasteiger partial charge in [-0.3, -0.25) is 0 Å². The lowest BCUT2D eigenvalue weighted by molar-refractivity contribution is 0.192. The second-order valence-corrected chi connectivity index (χ2v) is 3.91. The van der Waals surface area contributed by atoms with E-state index in [0.29, 0.717) is 6.04 Å². The Hall–Kier alpha value is -0.120. The molecule has 0 saturated carbocycles. The Morgan fingerprint density at radius 3 is 2.64 bits per heavy atom. The average molecular weight is 202 g/mol. The van der Waals surface area contributed by atoms with E-state index in [0.717, 1.165) is 32.7 Å². The highest BCUT2D eigenvalue weighted by atomic mass is 16.5. The molecule has 0 aliphatic heterocycles. The van der Waals surface area contributed by atoms with E-state index in [2.05, 4.69) is 31.1 Å². The van der Waals surface area contributed by atoms with Crippen LogP contribution < -0.4 is 5.32 Å². The van der Waals surface area contributed by atoms with Gasteiger partial charge in [0.25, 0.3) is 0 Å². The number of likely N-dealkylation sites (N-methyl/N-ethyl adjacent to an activating group) is 1. The predicted octanol–water partition coefficient (Wildman–Crippen LogP) is 1.34. The maximum Gasteiger partial charge on any atom is 0.0462 e. The van der Waals surface area contributed by atoms with Gasteiger partial charge in [0.1, 0.15) is 0 Å². The lowest BCUT2D eigenvalue weighted by atomic mass is 10.2. The summed E-state index contributed by atoms with van der Waals surface area (Å²) in [6.45, 7) is 8.65. The number of methoxy groups -OCH3 is 1. The maximum absolute atomic E-state index is 4.99. The van der Waals surface area contributed by atoms with E-state index in [-0.39, 0.29) is 0 Å². The number of unbranched alkanes of at least 4 members (excludes halogenated alkanes) is 1. The Morgan fingerprint density at radius 2 is 2.07 bits per heavy atom. The molecule has 0 bridgehead atoms. The van der Waals surface area contributed by atoms with E-state index < -0.39 is 0 Å². The van der Waals surface area contributed by atoms with Gasteiger partial charge >= 0.3 is 0 Å². The molecule has 3 nitrogen and oxygen atoms in total. The first kappa shape index (κ1) is 13.9. The van der Waals surface area contributed by atoms with E-state index in [1.54, 1.807) is 7.11 Å². The summed E-state index contributed by atoms with van der Waals surface area (Å²) in [5, 5.41) is 3.51. The molecule has 0 amide bonds. The fourth-order valence-electron chi connectivity index (χ4n) is 1.38. The molecular weight excluding hydrogens is 176 g/mol. The van der Waals surface area contributed by atoms with Gasteiger partial charge in [-0.1, -0.05) is 6.92 Å². The SMILES string of the molecule is CCN(C)CC(C)NCCCCOC. The quantitative estimate of drug-likeness (QED) is 0.571. The van der Waals surface area contributed by atoms with Gasteiger partial charge in [0.05, 0.1) is 0 Å². The van der Waals surface area contributed by atoms with E-state index in [4.69, 9.17) is 4.74 Å². The van der Waals surface area contributed by atoms with Gasteiger partial charge in [0.2, 0.25) is 0 Å². The third kappa shape index (κ3) is 8.48. The highest BCUT2D eigenvalue weighted by molar-refractivity contribution is 4.64. The van der Waals surface area contributed by atoms with Gasteiger partial charge in [-0.05, 0) is 39.9 Å². The van der Waals surface area contributed by atoms with Gasteiger partial charge in [0.15, 0.2) is 0 Å². The molecule has 0 aromatic heterocycles. The van der Waals surface area contributed by atoms with Crippen LogP contribution in [0.3, 0.4) is 0 Å². The van der Waals surface area contributed by atoms with E-state index in [9.17, 15) is 0 Å². The van der Waals surface area contributed by atoms with Crippen LogP contribution in [0.4, 0.5) is 0 Å². The van der Waals surface area contributed by atoms with Gasteiger partial charge in [-0.25, -0.2) is 0 Å². The molecular formula is C11H26N2O. The van der Waals surface area contributed by atoms with Crippen LogP contribution in [0.2, 0.25) is 0 Å². The van der Waals surface area contributed by atoms with Crippen LogP contribution in [0.5, 0.6) is 0 Å². The number of hydrogen-bond donors (Lipinski definition) is 1. The molecule has 0 spiro atoms. The van der Waals surface area contributed by atoms with Crippen molar-refractivity contribution in [2.75, 3.05) is 40.4 Å². The molecule has 3 heteroatoms. The van der Waals surface area contributed by atoms with Crippen molar-refractivity contribution in [3.05, 3.63) is 0 Å². The van der Waals surface area contributed by atoms with Gasteiger partial charge < -0.3 is 15.0 Å². The number of hydrogen-bond acceptors (Lipinski definition) is 3. The minimum atomic E-state index is 0.586. The van der Waals surface area contributed by atoms with Gasteiger partial charge in [-0.2, -0.15) is 0 Å². The van der Waals surface area contributed by atoms with Crippen molar-refractivity contribution in [2.24, 2.45) is 0 Å². The first-order valence-corrected chi connectivity index (χ1v) is 5.61. The van der Waals surface area contributed by atoms with Crippen molar-refractivity contribution in [2.45, 2.75) is 32.7 Å². The van der Waals surface area contributed by atoms with Crippen molar-refractivity contribution in [3.8, 4) is 0 Å². The molecule has 0 saturated heterocycles. The normalized spacial score (nSPS) is 13.5. The molecule has 1 N–H and O–H groups in total. The summed E-state index contributed by atoms with van der Waals surface area (Å²) in [4.78, 5) is 2.33. The first-order chi connectivity index (χ1) is 6.70. The second-order valence-electron chi connectivity index (χ2n) is 3.91. The van der Waals surface area contributed by atoms with E-state index in [1.807, 2.05) is 0 Å². The zero-order valence-electron chi connectivity index (χ0n) is 10.2. The zero-order chi connectivity index (χ0) is 10.8. The summed E-state index contributed by atoms with van der Waals surface area (Å²) in [5.41, 5.74) is 0. The zero-order valence-corrected chi connectivity index (χ0v) is 10.2. The largest absolute Gasteiger partial charge is 0.385 e. The van der Waals surface area contributed by atoms with Crippen molar-refractivity contribution in [1.82, 2.24) is 10.2 Å². The van der Waals surface area contributed by atoms with Crippen molar-refractivity contribution < 1.29 is 4.74 Å². The minimum Gasteiger partial charge on any atom is -0.385 e. The molecule has 86 valence electrons. The van der Waals surface area contributed by atoms with Crippen LogP contribution in [-0.2, 0) is 4.74 Å². The summed E-state index contributed by atoms with van der Waals surface area (Å²) in [7, 11) is 3.91. The van der Waals surface area contributed by atoms with Crippen molar-refractivity contribution >= 4 is 0 Å². The average Bonchev–Trinajstić information content (AvgIpc) is 2.17. The number of nitrogens with zero attached hydrogens (tertiary/aromatic N) is 1. The van der Waals surface area contributed by atoms with Gasteiger partial charge in [-0.15, -0.1) is 0 Å². The van der Waals surface area contributed by atoms with E-state index in [1.165, 1.54) is 6.42 Å². The highest BCUT2D eigenvalue weighted by Gasteiger charge is 2.02. The third-order valence-electron chi connectivity index (χ3n) is 2.39. The van der Waals surface area contributed by atoms with Crippen molar-refractivity contribution in [3.63, 3.8) is 0 Å². The fraction of sp³-hybridized carbons (Fsp3) is 1.00. The van der Waals surface area contributed by atoms with Crippen LogP contribution in [0, 0.1) is 0 Å². The number of rotatable bonds is 9. The summed E-state index contributed by atoms with van der Waals surface area (Å²) in [6, 6.07) is 0.586. The standard InChI is InChI=1S/C11H26N2O/c1-5-13(3)10-11(2)12-8-6-7-9-14-4/h11-12H,5-10H2,1-4H3. The summed E-state index contributed by atoms with van der Waals surface area (Å²) in [6.07, 6.45) is 2.36. The number of nitrogens with one attached hydrogen (secondary N) is 1. The molecule has 0 aliphatic rings. The lowest BCUT2D eigenvalue weighted by Crippen LogP contribution is -2.37. The molecule has 1 atom stereocenters. The van der Waals surface area contributed by atoms with Crippen LogP contribution in [0.15, 0.2) is 0 Å². The Bertz CT molecular complexity index is 120. The highest BCUT2D eigenvalue weighted by Crippen LogP contribution is 1.91. The predicted molar refractivity (Wildman–Crippen MR) is 61.7 cm³/mol. The maximum atomic E-state index is 4.99. The molecule has 0 rings (SSSR count). The Labute approximate surface area is 88.8 Å². The first-order valence-electron chi connectivity index (χ1n) is 5.61. The Kier molecular flexibility index (Phi) is 9.35. The Balaban J connectivity index is 3.22. The van der Waals surface area contributed by atoms with E-state index >= 15 is 0 Å². The fourth-order valence-corrected chi connectivity index (χ4v) is 1.38. The van der Waals surface area contributed by atoms with Crippen molar-refractivity contribution in [1.29, 1.82) is 0 Å². The minimum absolute atomic E-state index is 0.586. The van der Waals surface area contributed by atoms with Crippen LogP contribution in [-0.4, -0.2) is 51.3 Å². The molecule has 0 aromatic carbocycles. The van der Waals surface area contributed by atoms with Gasteiger partial charge in [0, 0.05) is 26.3 Å². The van der Waals surface area contributed by atoms with Crippen LogP contribution in [0.25, 0.3) is 0 Å². The van der Waals surface area contributed by atoms with Crippen LogP contribution in [0.1, 0.15) is 26.7 Å². The monoisotopic (exact) mass is 202 g/mol. The molecule has 0 aliphatic carbocycles. The molecule has 0 aromatic rings. The lowest BCUT2D eigenvalue weighted by Gasteiger charge is -2.20. The number of ether oxygens (including phenoxy) is 1. The smallest absolute Gasteiger partial charge is 0.0462 e. The van der Waals surface area contributed by atoms with Crippen LogP contribution >= 0.6 is 0 Å². The summed E-state index contributed by atoms with van der Waals surface area (Å²) >= 11 is 0. The third-order valence-corrected chi connectivity index (χ3v) is 2.39. The Morgan fingerprint density at radius 1 is 1.36 bits per heavy atom. The topological polar surface area (TPSA) is 24.5 Å². The molecule has 0 radical (unpaired) electrons. The summed E-state index contributed by atoms with van der Waals surface area (Å²) < 4.78 is 4.99. The second kappa shape index (κ2) is 9.44. The molecule has 14 heavy (non-hydrogen) atoms. The molecule has 0 heterocycles. The molecule has 1 unspecified atom stereocenters.